The van der Waals surface area contributed by atoms with E-state index in [0.717, 1.165) is 28.7 Å². The molecular formula is C28H37N3. The standard InChI is InChI=1S/C28H37N3/c1-9-11-13-25(20-30(7)21(3)4)27-17-26(18-29-19-27)23-14-15-28(31(8)22(5)6)24(16-23)12-10-2/h9-11,13-22H,1-2,12H2,3-8H3/b13-11-,25-20+. The molecule has 0 spiro atoms. The summed E-state index contributed by atoms with van der Waals surface area (Å²) in [7, 11) is 4.23. The van der Waals surface area contributed by atoms with Gasteiger partial charge in [0.25, 0.3) is 0 Å². The Kier molecular flexibility index (Phi) is 8.87. The molecule has 0 aliphatic carbocycles. The molecular weight excluding hydrogens is 378 g/mol. The van der Waals surface area contributed by atoms with Crippen LogP contribution in [0, 0.1) is 0 Å². The number of benzene rings is 1. The molecule has 0 atom stereocenters. The zero-order valence-corrected chi connectivity index (χ0v) is 20.0. The van der Waals surface area contributed by atoms with Gasteiger partial charge in [0.15, 0.2) is 0 Å². The highest BCUT2D eigenvalue weighted by atomic mass is 15.1. The van der Waals surface area contributed by atoms with Crippen molar-refractivity contribution in [3.8, 4) is 11.1 Å². The second kappa shape index (κ2) is 11.4. The molecule has 0 aliphatic heterocycles. The molecule has 0 amide bonds. The predicted molar refractivity (Wildman–Crippen MR) is 137 cm³/mol. The van der Waals surface area contributed by atoms with Crippen LogP contribution in [0.2, 0.25) is 0 Å². The minimum atomic E-state index is 0.412. The summed E-state index contributed by atoms with van der Waals surface area (Å²) in [6, 6.07) is 9.71. The molecule has 0 unspecified atom stereocenters. The molecule has 164 valence electrons. The van der Waals surface area contributed by atoms with Gasteiger partial charge in [0.1, 0.15) is 0 Å². The van der Waals surface area contributed by atoms with Crippen LogP contribution in [-0.4, -0.2) is 36.1 Å². The van der Waals surface area contributed by atoms with Gasteiger partial charge in [-0.2, -0.15) is 0 Å². The number of allylic oxidation sites excluding steroid dienone is 5. The van der Waals surface area contributed by atoms with Gasteiger partial charge in [-0.05, 0) is 69.0 Å². The second-order valence-corrected chi connectivity index (χ2v) is 8.44. The normalized spacial score (nSPS) is 11.9. The van der Waals surface area contributed by atoms with E-state index in [4.69, 9.17) is 0 Å². The first-order valence-electron chi connectivity index (χ1n) is 10.9. The highest BCUT2D eigenvalue weighted by Crippen LogP contribution is 2.30. The summed E-state index contributed by atoms with van der Waals surface area (Å²) < 4.78 is 0. The number of rotatable bonds is 10. The Labute approximate surface area is 189 Å². The molecule has 3 nitrogen and oxygen atoms in total. The maximum Gasteiger partial charge on any atom is 0.0402 e. The fraction of sp³-hybridized carbons (Fsp3) is 0.321. The van der Waals surface area contributed by atoms with Crippen molar-refractivity contribution in [1.82, 2.24) is 9.88 Å². The molecule has 2 rings (SSSR count). The lowest BCUT2D eigenvalue weighted by molar-refractivity contribution is 0.377. The molecule has 0 aliphatic rings. The number of hydrogen-bond acceptors (Lipinski definition) is 3. The van der Waals surface area contributed by atoms with E-state index < -0.39 is 0 Å². The maximum absolute atomic E-state index is 4.55. The van der Waals surface area contributed by atoms with Crippen molar-refractivity contribution in [3.63, 3.8) is 0 Å². The first kappa shape index (κ1) is 24.2. The van der Waals surface area contributed by atoms with Crippen LogP contribution in [0.5, 0.6) is 0 Å². The largest absolute Gasteiger partial charge is 0.377 e. The SMILES string of the molecule is C=C/C=C\C(=C/N(C)C(C)C)c1cncc(-c2ccc(N(C)C(C)C)c(CC=C)c2)c1. The molecule has 1 heterocycles. The lowest BCUT2D eigenvalue weighted by Gasteiger charge is -2.26. The first-order valence-corrected chi connectivity index (χ1v) is 10.9. The van der Waals surface area contributed by atoms with Crippen LogP contribution in [0.4, 0.5) is 5.69 Å². The van der Waals surface area contributed by atoms with Gasteiger partial charge in [-0.1, -0.05) is 36.9 Å². The zero-order chi connectivity index (χ0) is 23.0. The zero-order valence-electron chi connectivity index (χ0n) is 20.0. The third kappa shape index (κ3) is 6.45. The summed E-state index contributed by atoms with van der Waals surface area (Å²) in [6.45, 7) is 16.5. The van der Waals surface area contributed by atoms with Crippen LogP contribution >= 0.6 is 0 Å². The topological polar surface area (TPSA) is 19.4 Å². The van der Waals surface area contributed by atoms with Crippen molar-refractivity contribution in [3.05, 3.63) is 91.4 Å². The summed E-state index contributed by atoms with van der Waals surface area (Å²) in [5.74, 6) is 0. The Morgan fingerprint density at radius 2 is 1.74 bits per heavy atom. The number of anilines is 1. The molecule has 1 aromatic carbocycles. The van der Waals surface area contributed by atoms with Crippen molar-refractivity contribution >= 4 is 11.3 Å². The molecule has 3 heteroatoms. The van der Waals surface area contributed by atoms with E-state index in [1.165, 1.54) is 11.3 Å². The average molecular weight is 416 g/mol. The molecule has 0 N–H and O–H groups in total. The summed E-state index contributed by atoms with van der Waals surface area (Å²) in [5.41, 5.74) is 6.97. The molecule has 0 saturated carbocycles. The van der Waals surface area contributed by atoms with Crippen LogP contribution in [-0.2, 0) is 6.42 Å². The van der Waals surface area contributed by atoms with E-state index in [1.807, 2.05) is 24.5 Å². The lowest BCUT2D eigenvalue weighted by Crippen LogP contribution is -2.26. The van der Waals surface area contributed by atoms with Crippen LogP contribution in [0.15, 0.2) is 80.3 Å². The van der Waals surface area contributed by atoms with Gasteiger partial charge in [0.05, 0.1) is 0 Å². The van der Waals surface area contributed by atoms with Crippen molar-refractivity contribution < 1.29 is 0 Å². The molecule has 31 heavy (non-hydrogen) atoms. The molecule has 0 fully saturated rings. The van der Waals surface area contributed by atoms with E-state index in [0.29, 0.717) is 12.1 Å². The molecule has 1 aromatic heterocycles. The van der Waals surface area contributed by atoms with Gasteiger partial charge in [-0.3, -0.25) is 4.98 Å². The van der Waals surface area contributed by atoms with Gasteiger partial charge >= 0.3 is 0 Å². The predicted octanol–water partition coefficient (Wildman–Crippen LogP) is 6.75. The van der Waals surface area contributed by atoms with Crippen molar-refractivity contribution in [2.24, 2.45) is 0 Å². The fourth-order valence-electron chi connectivity index (χ4n) is 3.22. The lowest BCUT2D eigenvalue weighted by atomic mass is 9.98. The van der Waals surface area contributed by atoms with Crippen molar-refractivity contribution in [2.75, 3.05) is 19.0 Å². The van der Waals surface area contributed by atoms with Gasteiger partial charge in [0, 0.05) is 61.6 Å². The highest BCUT2D eigenvalue weighted by molar-refractivity contribution is 5.78. The van der Waals surface area contributed by atoms with Crippen LogP contribution < -0.4 is 4.90 Å². The van der Waals surface area contributed by atoms with Crippen LogP contribution in [0.25, 0.3) is 16.7 Å². The van der Waals surface area contributed by atoms with Gasteiger partial charge in [-0.25, -0.2) is 0 Å². The number of pyridine rings is 1. The summed E-state index contributed by atoms with van der Waals surface area (Å²) >= 11 is 0. The molecule has 2 aromatic rings. The van der Waals surface area contributed by atoms with Crippen LogP contribution in [0.1, 0.15) is 38.8 Å². The van der Waals surface area contributed by atoms with Crippen molar-refractivity contribution in [2.45, 2.75) is 46.2 Å². The Hall–Kier alpha value is -3.07. The van der Waals surface area contributed by atoms with E-state index in [-0.39, 0.29) is 0 Å². The molecule has 0 radical (unpaired) electrons. The van der Waals surface area contributed by atoms with Gasteiger partial charge in [0.2, 0.25) is 0 Å². The van der Waals surface area contributed by atoms with E-state index in [2.05, 4.69) is 106 Å². The number of aromatic nitrogens is 1. The highest BCUT2D eigenvalue weighted by Gasteiger charge is 2.12. The average Bonchev–Trinajstić information content (AvgIpc) is 2.76. The third-order valence-corrected chi connectivity index (χ3v) is 5.57. The molecule has 0 bridgehead atoms. The summed E-state index contributed by atoms with van der Waals surface area (Å²) in [5, 5.41) is 0. The fourth-order valence-corrected chi connectivity index (χ4v) is 3.22. The van der Waals surface area contributed by atoms with Gasteiger partial charge < -0.3 is 9.80 Å². The van der Waals surface area contributed by atoms with E-state index >= 15 is 0 Å². The smallest absolute Gasteiger partial charge is 0.0402 e. The number of hydrogen-bond donors (Lipinski definition) is 0. The van der Waals surface area contributed by atoms with Gasteiger partial charge in [-0.15, -0.1) is 6.58 Å². The summed E-state index contributed by atoms with van der Waals surface area (Å²) in [6.07, 6.45) is 14.7. The maximum atomic E-state index is 4.55. The minimum absolute atomic E-state index is 0.412. The Balaban J connectivity index is 2.52. The van der Waals surface area contributed by atoms with E-state index in [9.17, 15) is 0 Å². The van der Waals surface area contributed by atoms with Crippen LogP contribution in [0.3, 0.4) is 0 Å². The molecule has 0 saturated heterocycles. The first-order chi connectivity index (χ1) is 14.8. The third-order valence-electron chi connectivity index (χ3n) is 5.57. The number of nitrogens with zero attached hydrogens (tertiary/aromatic N) is 3. The second-order valence-electron chi connectivity index (χ2n) is 8.44. The quantitative estimate of drug-likeness (QED) is 0.316. The Bertz CT molecular complexity index is 950. The Morgan fingerprint density at radius 1 is 1.00 bits per heavy atom. The minimum Gasteiger partial charge on any atom is -0.377 e. The monoisotopic (exact) mass is 415 g/mol. The van der Waals surface area contributed by atoms with Crippen molar-refractivity contribution in [1.29, 1.82) is 0 Å². The summed E-state index contributed by atoms with van der Waals surface area (Å²) in [4.78, 5) is 9.06. The Morgan fingerprint density at radius 3 is 2.35 bits per heavy atom. The van der Waals surface area contributed by atoms with E-state index in [1.54, 1.807) is 6.08 Å².